The van der Waals surface area contributed by atoms with E-state index in [1.165, 1.54) is 7.11 Å². The Balaban J connectivity index is 3.11. The number of aromatic nitrogens is 1. The van der Waals surface area contributed by atoms with Crippen LogP contribution in [0.15, 0.2) is 12.3 Å². The molecule has 0 bridgehead atoms. The molecule has 15 heavy (non-hydrogen) atoms. The van der Waals surface area contributed by atoms with E-state index in [0.29, 0.717) is 5.69 Å². The van der Waals surface area contributed by atoms with E-state index in [0.717, 1.165) is 10.9 Å². The van der Waals surface area contributed by atoms with Gasteiger partial charge in [0.1, 0.15) is 5.69 Å². The number of hydrogen-bond acceptors (Lipinski definition) is 2. The summed E-state index contributed by atoms with van der Waals surface area (Å²) < 4.78 is 6.50. The molecular formula is C11H16BrNO2. The van der Waals surface area contributed by atoms with Crippen LogP contribution in [0.4, 0.5) is 0 Å². The van der Waals surface area contributed by atoms with E-state index in [-0.39, 0.29) is 11.4 Å². The lowest BCUT2D eigenvalue weighted by Crippen LogP contribution is -2.17. The SMILES string of the molecule is COC(=O)c1cc(C(C)(C)CBr)cn1C. The molecule has 0 unspecified atom stereocenters. The minimum absolute atomic E-state index is 0.0179. The first-order valence-electron chi connectivity index (χ1n) is 4.73. The highest BCUT2D eigenvalue weighted by molar-refractivity contribution is 9.09. The van der Waals surface area contributed by atoms with E-state index in [4.69, 9.17) is 4.74 Å². The van der Waals surface area contributed by atoms with E-state index in [9.17, 15) is 4.79 Å². The Labute approximate surface area is 98.5 Å². The molecule has 0 aliphatic carbocycles. The Morgan fingerprint density at radius 3 is 2.67 bits per heavy atom. The van der Waals surface area contributed by atoms with Gasteiger partial charge in [-0.05, 0) is 11.6 Å². The van der Waals surface area contributed by atoms with Gasteiger partial charge < -0.3 is 9.30 Å². The molecule has 0 aliphatic rings. The summed E-state index contributed by atoms with van der Waals surface area (Å²) in [6.07, 6.45) is 1.97. The van der Waals surface area contributed by atoms with Crippen molar-refractivity contribution in [1.29, 1.82) is 0 Å². The molecule has 0 aliphatic heterocycles. The molecule has 4 heteroatoms. The van der Waals surface area contributed by atoms with Crippen LogP contribution in [0.2, 0.25) is 0 Å². The maximum Gasteiger partial charge on any atom is 0.354 e. The largest absolute Gasteiger partial charge is 0.464 e. The molecule has 0 atom stereocenters. The number of rotatable bonds is 3. The molecule has 84 valence electrons. The van der Waals surface area contributed by atoms with Gasteiger partial charge in [-0.1, -0.05) is 29.8 Å². The summed E-state index contributed by atoms with van der Waals surface area (Å²) >= 11 is 3.47. The Bertz CT molecular complexity index is 369. The van der Waals surface area contributed by atoms with Crippen molar-refractivity contribution in [3.8, 4) is 0 Å². The number of alkyl halides is 1. The lowest BCUT2D eigenvalue weighted by Gasteiger charge is -2.19. The number of carbonyl (C=O) groups is 1. The number of halogens is 1. The maximum atomic E-state index is 11.4. The van der Waals surface area contributed by atoms with Crippen molar-refractivity contribution in [3.05, 3.63) is 23.5 Å². The van der Waals surface area contributed by atoms with Crippen molar-refractivity contribution >= 4 is 21.9 Å². The normalized spacial score (nSPS) is 11.5. The van der Waals surface area contributed by atoms with Crippen LogP contribution in [0, 0.1) is 0 Å². The highest BCUT2D eigenvalue weighted by Gasteiger charge is 2.23. The molecule has 1 aromatic rings. The molecule has 0 N–H and O–H groups in total. The standard InChI is InChI=1S/C11H16BrNO2/c1-11(2,7-12)8-5-9(10(14)15-4)13(3)6-8/h5-6H,7H2,1-4H3. The maximum absolute atomic E-state index is 11.4. The van der Waals surface area contributed by atoms with Crippen LogP contribution in [-0.4, -0.2) is 23.0 Å². The molecule has 0 aromatic carbocycles. The minimum Gasteiger partial charge on any atom is -0.464 e. The van der Waals surface area contributed by atoms with Crippen molar-refractivity contribution in [2.75, 3.05) is 12.4 Å². The quantitative estimate of drug-likeness (QED) is 0.626. The number of carbonyl (C=O) groups excluding carboxylic acids is 1. The fourth-order valence-electron chi connectivity index (χ4n) is 1.32. The topological polar surface area (TPSA) is 31.2 Å². The zero-order valence-corrected chi connectivity index (χ0v) is 11.1. The number of methoxy groups -OCH3 is 1. The highest BCUT2D eigenvalue weighted by Crippen LogP contribution is 2.26. The fraction of sp³-hybridized carbons (Fsp3) is 0.545. The van der Waals surface area contributed by atoms with Crippen LogP contribution < -0.4 is 0 Å². The summed E-state index contributed by atoms with van der Waals surface area (Å²) in [5.74, 6) is -0.297. The van der Waals surface area contributed by atoms with E-state index < -0.39 is 0 Å². The first-order valence-corrected chi connectivity index (χ1v) is 5.85. The lowest BCUT2D eigenvalue weighted by atomic mass is 9.89. The molecule has 0 radical (unpaired) electrons. The van der Waals surface area contributed by atoms with Gasteiger partial charge in [0.2, 0.25) is 0 Å². The highest BCUT2D eigenvalue weighted by atomic mass is 79.9. The number of aryl methyl sites for hydroxylation is 1. The summed E-state index contributed by atoms with van der Waals surface area (Å²) in [7, 11) is 3.24. The van der Waals surface area contributed by atoms with Crippen LogP contribution >= 0.6 is 15.9 Å². The van der Waals surface area contributed by atoms with Crippen molar-refractivity contribution in [2.24, 2.45) is 7.05 Å². The predicted octanol–water partition coefficient (Wildman–Crippen LogP) is 2.48. The average Bonchev–Trinajstić information content (AvgIpc) is 2.60. The molecule has 1 aromatic heterocycles. The average molecular weight is 274 g/mol. The van der Waals surface area contributed by atoms with Gasteiger partial charge in [-0.2, -0.15) is 0 Å². The first kappa shape index (κ1) is 12.3. The van der Waals surface area contributed by atoms with Gasteiger partial charge in [0.15, 0.2) is 0 Å². The van der Waals surface area contributed by atoms with Gasteiger partial charge in [-0.25, -0.2) is 4.79 Å². The Morgan fingerprint density at radius 2 is 2.20 bits per heavy atom. The van der Waals surface area contributed by atoms with Gasteiger partial charge in [0, 0.05) is 24.0 Å². The molecule has 0 spiro atoms. The fourth-order valence-corrected chi connectivity index (χ4v) is 1.64. The molecule has 0 amide bonds. The molecule has 0 saturated heterocycles. The van der Waals surface area contributed by atoms with Crippen molar-refractivity contribution in [2.45, 2.75) is 19.3 Å². The Hall–Kier alpha value is -0.770. The smallest absolute Gasteiger partial charge is 0.354 e. The second kappa shape index (κ2) is 4.39. The molecule has 0 saturated carbocycles. The number of hydrogen-bond donors (Lipinski definition) is 0. The zero-order valence-electron chi connectivity index (χ0n) is 9.50. The van der Waals surface area contributed by atoms with Gasteiger partial charge in [-0.15, -0.1) is 0 Å². The predicted molar refractivity (Wildman–Crippen MR) is 63.6 cm³/mol. The molecule has 3 nitrogen and oxygen atoms in total. The van der Waals surface area contributed by atoms with Crippen LogP contribution in [0.3, 0.4) is 0 Å². The Kier molecular flexibility index (Phi) is 3.60. The van der Waals surface area contributed by atoms with Crippen LogP contribution in [-0.2, 0) is 17.2 Å². The number of nitrogens with zero attached hydrogens (tertiary/aromatic N) is 1. The summed E-state index contributed by atoms with van der Waals surface area (Å²) in [6, 6.07) is 1.88. The zero-order chi connectivity index (χ0) is 11.6. The molecule has 0 fully saturated rings. The van der Waals surface area contributed by atoms with Crippen molar-refractivity contribution in [1.82, 2.24) is 4.57 Å². The summed E-state index contributed by atoms with van der Waals surface area (Å²) in [4.78, 5) is 11.4. The number of ether oxygens (including phenoxy) is 1. The lowest BCUT2D eigenvalue weighted by molar-refractivity contribution is 0.0590. The molecule has 1 rings (SSSR count). The van der Waals surface area contributed by atoms with Crippen LogP contribution in [0.1, 0.15) is 29.9 Å². The van der Waals surface area contributed by atoms with Crippen LogP contribution in [0.25, 0.3) is 0 Å². The third-order valence-corrected chi connectivity index (χ3v) is 3.92. The molecular weight excluding hydrogens is 258 g/mol. The Morgan fingerprint density at radius 1 is 1.60 bits per heavy atom. The van der Waals surface area contributed by atoms with Gasteiger partial charge in [-0.3, -0.25) is 0 Å². The van der Waals surface area contributed by atoms with Crippen molar-refractivity contribution < 1.29 is 9.53 Å². The molecule has 1 heterocycles. The van der Waals surface area contributed by atoms with Crippen LogP contribution in [0.5, 0.6) is 0 Å². The van der Waals surface area contributed by atoms with E-state index >= 15 is 0 Å². The third kappa shape index (κ3) is 2.43. The van der Waals surface area contributed by atoms with Gasteiger partial charge in [0.25, 0.3) is 0 Å². The summed E-state index contributed by atoms with van der Waals surface area (Å²) in [6.45, 7) is 4.25. The monoisotopic (exact) mass is 273 g/mol. The van der Waals surface area contributed by atoms with E-state index in [1.807, 2.05) is 19.3 Å². The van der Waals surface area contributed by atoms with E-state index in [1.54, 1.807) is 4.57 Å². The van der Waals surface area contributed by atoms with Gasteiger partial charge in [0.05, 0.1) is 7.11 Å². The van der Waals surface area contributed by atoms with E-state index in [2.05, 4.69) is 29.8 Å². The summed E-state index contributed by atoms with van der Waals surface area (Å²) in [5.41, 5.74) is 1.73. The minimum atomic E-state index is -0.297. The second-order valence-electron chi connectivity index (χ2n) is 4.23. The third-order valence-electron chi connectivity index (χ3n) is 2.52. The van der Waals surface area contributed by atoms with Gasteiger partial charge >= 0.3 is 5.97 Å². The first-order chi connectivity index (χ1) is 6.92. The number of esters is 1. The summed E-state index contributed by atoms with van der Waals surface area (Å²) in [5, 5.41) is 0.852. The van der Waals surface area contributed by atoms with Crippen molar-refractivity contribution in [3.63, 3.8) is 0 Å². The second-order valence-corrected chi connectivity index (χ2v) is 4.79.